The molecule has 98 valence electrons. The van der Waals surface area contributed by atoms with E-state index in [4.69, 9.17) is 5.73 Å². The van der Waals surface area contributed by atoms with Gasteiger partial charge in [-0.15, -0.1) is 0 Å². The highest BCUT2D eigenvalue weighted by Gasteiger charge is 2.07. The molecule has 0 aliphatic heterocycles. The second-order valence-corrected chi connectivity index (χ2v) is 4.34. The van der Waals surface area contributed by atoms with Gasteiger partial charge < -0.3 is 11.1 Å². The summed E-state index contributed by atoms with van der Waals surface area (Å²) in [5, 5.41) is 3.76. The molecule has 0 radical (unpaired) electrons. The molecule has 1 aromatic carbocycles. The lowest BCUT2D eigenvalue weighted by molar-refractivity contribution is 0.102. The Bertz CT molecular complexity index is 768. The van der Waals surface area contributed by atoms with Crippen molar-refractivity contribution >= 4 is 28.3 Å². The van der Waals surface area contributed by atoms with E-state index in [-0.39, 0.29) is 5.91 Å². The van der Waals surface area contributed by atoms with E-state index in [1.165, 1.54) is 6.20 Å². The van der Waals surface area contributed by atoms with E-state index in [0.29, 0.717) is 17.1 Å². The molecular weight excluding hydrogens is 252 g/mol. The van der Waals surface area contributed by atoms with E-state index in [2.05, 4.69) is 15.3 Å². The fraction of sp³-hybridized carbons (Fsp3) is 0. The number of carbonyl (C=O) groups is 1. The lowest BCUT2D eigenvalue weighted by Crippen LogP contribution is -2.12. The first kappa shape index (κ1) is 12.1. The first-order valence-electron chi connectivity index (χ1n) is 6.10. The number of rotatable bonds is 2. The maximum Gasteiger partial charge on any atom is 0.257 e. The molecular formula is C15H12N4O. The van der Waals surface area contributed by atoms with Gasteiger partial charge in [-0.1, -0.05) is 18.2 Å². The fourth-order valence-electron chi connectivity index (χ4n) is 1.88. The maximum atomic E-state index is 12.0. The summed E-state index contributed by atoms with van der Waals surface area (Å²) < 4.78 is 0. The average molecular weight is 264 g/mol. The molecule has 0 aliphatic rings. The number of benzene rings is 1. The van der Waals surface area contributed by atoms with Gasteiger partial charge in [-0.2, -0.15) is 0 Å². The Labute approximate surface area is 115 Å². The zero-order valence-electron chi connectivity index (χ0n) is 10.6. The molecule has 0 aliphatic carbocycles. The monoisotopic (exact) mass is 264 g/mol. The molecule has 0 atom stereocenters. The maximum absolute atomic E-state index is 12.0. The average Bonchev–Trinajstić information content (AvgIpc) is 2.48. The molecule has 0 saturated carbocycles. The molecule has 3 aromatic rings. The normalized spacial score (nSPS) is 10.4. The summed E-state index contributed by atoms with van der Waals surface area (Å²) in [4.78, 5) is 20.2. The SMILES string of the molecule is Nc1ccc(C(=O)Nc2cnc3ccccc3c2)cn1. The van der Waals surface area contributed by atoms with Gasteiger partial charge >= 0.3 is 0 Å². The van der Waals surface area contributed by atoms with Crippen molar-refractivity contribution in [2.24, 2.45) is 0 Å². The Balaban J connectivity index is 1.85. The number of amides is 1. The number of para-hydroxylation sites is 1. The number of nitrogens with zero attached hydrogens (tertiary/aromatic N) is 2. The third-order valence-corrected chi connectivity index (χ3v) is 2.90. The van der Waals surface area contributed by atoms with Crippen molar-refractivity contribution < 1.29 is 4.79 Å². The first-order valence-corrected chi connectivity index (χ1v) is 6.10. The highest BCUT2D eigenvalue weighted by molar-refractivity contribution is 6.04. The Morgan fingerprint density at radius 1 is 1.05 bits per heavy atom. The van der Waals surface area contributed by atoms with Crippen LogP contribution in [0.1, 0.15) is 10.4 Å². The predicted molar refractivity (Wildman–Crippen MR) is 78.3 cm³/mol. The van der Waals surface area contributed by atoms with Crippen LogP contribution < -0.4 is 11.1 Å². The van der Waals surface area contributed by atoms with Gasteiger partial charge in [0.25, 0.3) is 5.91 Å². The van der Waals surface area contributed by atoms with Crippen LogP contribution in [0.2, 0.25) is 0 Å². The summed E-state index contributed by atoms with van der Waals surface area (Å²) in [5.74, 6) is 0.142. The van der Waals surface area contributed by atoms with Gasteiger partial charge in [-0.25, -0.2) is 4.98 Å². The summed E-state index contributed by atoms with van der Waals surface area (Å²) in [7, 11) is 0. The number of fused-ring (bicyclic) bond motifs is 1. The Morgan fingerprint density at radius 2 is 1.90 bits per heavy atom. The highest BCUT2D eigenvalue weighted by atomic mass is 16.1. The van der Waals surface area contributed by atoms with E-state index in [0.717, 1.165) is 10.9 Å². The van der Waals surface area contributed by atoms with Crippen LogP contribution in [-0.2, 0) is 0 Å². The van der Waals surface area contributed by atoms with Gasteiger partial charge in [0.1, 0.15) is 5.82 Å². The molecule has 2 aromatic heterocycles. The number of hydrogen-bond donors (Lipinski definition) is 2. The van der Waals surface area contributed by atoms with E-state index in [9.17, 15) is 4.79 Å². The van der Waals surface area contributed by atoms with E-state index in [1.807, 2.05) is 30.3 Å². The van der Waals surface area contributed by atoms with E-state index in [1.54, 1.807) is 18.3 Å². The van der Waals surface area contributed by atoms with Crippen molar-refractivity contribution in [1.29, 1.82) is 0 Å². The van der Waals surface area contributed by atoms with Crippen LogP contribution in [0.5, 0.6) is 0 Å². The van der Waals surface area contributed by atoms with Gasteiger partial charge in [0.05, 0.1) is 23.0 Å². The minimum absolute atomic E-state index is 0.241. The van der Waals surface area contributed by atoms with Gasteiger partial charge in [-0.3, -0.25) is 9.78 Å². The summed E-state index contributed by atoms with van der Waals surface area (Å²) in [5.41, 5.74) is 7.47. The second kappa shape index (κ2) is 4.97. The molecule has 2 heterocycles. The lowest BCUT2D eigenvalue weighted by atomic mass is 10.2. The summed E-state index contributed by atoms with van der Waals surface area (Å²) in [6, 6.07) is 12.8. The molecule has 5 nitrogen and oxygen atoms in total. The number of hydrogen-bond acceptors (Lipinski definition) is 4. The molecule has 0 unspecified atom stereocenters. The van der Waals surface area contributed by atoms with Gasteiger partial charge in [0.2, 0.25) is 0 Å². The van der Waals surface area contributed by atoms with Crippen LogP contribution in [0.4, 0.5) is 11.5 Å². The van der Waals surface area contributed by atoms with Gasteiger partial charge in [0.15, 0.2) is 0 Å². The number of carbonyl (C=O) groups excluding carboxylic acids is 1. The number of pyridine rings is 2. The van der Waals surface area contributed by atoms with Crippen LogP contribution in [-0.4, -0.2) is 15.9 Å². The zero-order chi connectivity index (χ0) is 13.9. The number of aromatic nitrogens is 2. The molecule has 0 saturated heterocycles. The third kappa shape index (κ3) is 2.42. The highest BCUT2D eigenvalue weighted by Crippen LogP contribution is 2.16. The minimum Gasteiger partial charge on any atom is -0.384 e. The zero-order valence-corrected chi connectivity index (χ0v) is 10.6. The summed E-state index contributed by atoms with van der Waals surface area (Å²) in [6.07, 6.45) is 3.07. The van der Waals surface area contributed by atoms with Crippen LogP contribution in [0, 0.1) is 0 Å². The summed E-state index contributed by atoms with van der Waals surface area (Å²) >= 11 is 0. The first-order chi connectivity index (χ1) is 9.72. The topological polar surface area (TPSA) is 80.9 Å². The molecule has 3 N–H and O–H groups in total. The molecule has 3 rings (SSSR count). The Hall–Kier alpha value is -2.95. The molecule has 1 amide bonds. The van der Waals surface area contributed by atoms with Crippen LogP contribution in [0.15, 0.2) is 54.9 Å². The van der Waals surface area contributed by atoms with Gasteiger partial charge in [0, 0.05) is 11.6 Å². The molecule has 0 spiro atoms. The minimum atomic E-state index is -0.241. The van der Waals surface area contributed by atoms with Gasteiger partial charge in [-0.05, 0) is 24.3 Å². The van der Waals surface area contributed by atoms with Crippen molar-refractivity contribution in [3.8, 4) is 0 Å². The Kier molecular flexibility index (Phi) is 3.01. The number of nitrogens with one attached hydrogen (secondary N) is 1. The van der Waals surface area contributed by atoms with Crippen LogP contribution in [0.3, 0.4) is 0 Å². The van der Waals surface area contributed by atoms with Crippen molar-refractivity contribution in [2.75, 3.05) is 11.1 Å². The number of nitrogen functional groups attached to an aromatic ring is 1. The van der Waals surface area contributed by atoms with Crippen molar-refractivity contribution in [3.63, 3.8) is 0 Å². The third-order valence-electron chi connectivity index (χ3n) is 2.90. The fourth-order valence-corrected chi connectivity index (χ4v) is 1.88. The predicted octanol–water partition coefficient (Wildman–Crippen LogP) is 2.46. The molecule has 0 bridgehead atoms. The standard InChI is InChI=1S/C15H12N4O/c16-14-6-5-11(8-18-14)15(20)19-12-7-10-3-1-2-4-13(10)17-9-12/h1-9H,(H2,16,18)(H,19,20). The molecule has 5 heteroatoms. The number of nitrogens with two attached hydrogens (primary N) is 1. The quantitative estimate of drug-likeness (QED) is 0.745. The number of anilines is 2. The van der Waals surface area contributed by atoms with Crippen LogP contribution in [0.25, 0.3) is 10.9 Å². The van der Waals surface area contributed by atoms with E-state index >= 15 is 0 Å². The van der Waals surface area contributed by atoms with Crippen LogP contribution >= 0.6 is 0 Å². The largest absolute Gasteiger partial charge is 0.384 e. The smallest absolute Gasteiger partial charge is 0.257 e. The Morgan fingerprint density at radius 3 is 2.70 bits per heavy atom. The molecule has 20 heavy (non-hydrogen) atoms. The lowest BCUT2D eigenvalue weighted by Gasteiger charge is -2.06. The van der Waals surface area contributed by atoms with E-state index < -0.39 is 0 Å². The van der Waals surface area contributed by atoms with Crippen molar-refractivity contribution in [1.82, 2.24) is 9.97 Å². The second-order valence-electron chi connectivity index (χ2n) is 4.34. The summed E-state index contributed by atoms with van der Waals surface area (Å²) in [6.45, 7) is 0. The van der Waals surface area contributed by atoms with Crippen molar-refractivity contribution in [3.05, 3.63) is 60.4 Å². The van der Waals surface area contributed by atoms with Crippen molar-refractivity contribution in [2.45, 2.75) is 0 Å². The molecule has 0 fully saturated rings.